The highest BCUT2D eigenvalue weighted by Gasteiger charge is 2.39. The maximum Gasteiger partial charge on any atom is 0.256 e. The van der Waals surface area contributed by atoms with E-state index in [0.29, 0.717) is 12.1 Å². The number of hydrogen-bond donors (Lipinski definition) is 2. The largest absolute Gasteiger partial charge is 0.361 e. The normalized spacial score (nSPS) is 15.6. The van der Waals surface area contributed by atoms with Gasteiger partial charge < -0.3 is 15.5 Å². The van der Waals surface area contributed by atoms with Crippen LogP contribution in [0.5, 0.6) is 0 Å². The molecule has 2 unspecified atom stereocenters. The van der Waals surface area contributed by atoms with E-state index in [0.717, 1.165) is 42.5 Å². The molecule has 176 valence electrons. The SMILES string of the molecule is CCCCNC(=O)c1ccc(NC2c3ccccc3C(=O)N2C(C)CCc2ccccc2)cc1. The average molecular weight is 456 g/mol. The molecule has 0 fully saturated rings. The first-order valence-corrected chi connectivity index (χ1v) is 12.2. The Morgan fingerprint density at radius 2 is 1.68 bits per heavy atom. The van der Waals surface area contributed by atoms with Crippen molar-refractivity contribution in [1.82, 2.24) is 10.2 Å². The zero-order chi connectivity index (χ0) is 23.9. The predicted octanol–water partition coefficient (Wildman–Crippen LogP) is 5.80. The van der Waals surface area contributed by atoms with E-state index in [1.54, 1.807) is 0 Å². The van der Waals surface area contributed by atoms with Crippen LogP contribution in [-0.2, 0) is 6.42 Å². The van der Waals surface area contributed by atoms with Crippen molar-refractivity contribution >= 4 is 17.5 Å². The summed E-state index contributed by atoms with van der Waals surface area (Å²) in [4.78, 5) is 27.6. The van der Waals surface area contributed by atoms with E-state index in [1.807, 2.05) is 59.5 Å². The molecule has 0 spiro atoms. The number of carbonyl (C=O) groups is 2. The van der Waals surface area contributed by atoms with Gasteiger partial charge in [-0.15, -0.1) is 0 Å². The van der Waals surface area contributed by atoms with Gasteiger partial charge in [-0.1, -0.05) is 61.9 Å². The number of carbonyl (C=O) groups excluding carboxylic acids is 2. The first kappa shape index (κ1) is 23.6. The van der Waals surface area contributed by atoms with Gasteiger partial charge in [-0.25, -0.2) is 0 Å². The molecule has 2 atom stereocenters. The van der Waals surface area contributed by atoms with Crippen LogP contribution < -0.4 is 10.6 Å². The molecular formula is C29H33N3O2. The molecule has 1 aliphatic rings. The van der Waals surface area contributed by atoms with Crippen LogP contribution in [0.1, 0.15) is 71.1 Å². The molecule has 2 N–H and O–H groups in total. The van der Waals surface area contributed by atoms with E-state index in [9.17, 15) is 9.59 Å². The molecule has 3 aromatic rings. The zero-order valence-electron chi connectivity index (χ0n) is 20.0. The number of fused-ring (bicyclic) bond motifs is 1. The molecule has 5 nitrogen and oxygen atoms in total. The number of benzene rings is 3. The minimum atomic E-state index is -0.251. The van der Waals surface area contributed by atoms with E-state index >= 15 is 0 Å². The van der Waals surface area contributed by atoms with Gasteiger partial charge in [0, 0.05) is 35.0 Å². The van der Waals surface area contributed by atoms with Crippen LogP contribution in [0.3, 0.4) is 0 Å². The number of nitrogens with one attached hydrogen (secondary N) is 2. The summed E-state index contributed by atoms with van der Waals surface area (Å²) in [5.74, 6) is -0.00173. The molecule has 1 heterocycles. The van der Waals surface area contributed by atoms with Gasteiger partial charge in [0.15, 0.2) is 0 Å². The average Bonchev–Trinajstić information content (AvgIpc) is 3.15. The third kappa shape index (κ3) is 5.30. The molecule has 0 bridgehead atoms. The fourth-order valence-electron chi connectivity index (χ4n) is 4.45. The third-order valence-corrected chi connectivity index (χ3v) is 6.43. The van der Waals surface area contributed by atoms with Crippen LogP contribution in [0.2, 0.25) is 0 Å². The van der Waals surface area contributed by atoms with Crippen LogP contribution in [0.25, 0.3) is 0 Å². The van der Waals surface area contributed by atoms with Crippen LogP contribution in [0.15, 0.2) is 78.9 Å². The first-order chi connectivity index (χ1) is 16.6. The summed E-state index contributed by atoms with van der Waals surface area (Å²) in [5.41, 5.74) is 4.52. The third-order valence-electron chi connectivity index (χ3n) is 6.43. The Bertz CT molecular complexity index is 1110. The van der Waals surface area contributed by atoms with Crippen LogP contribution in [-0.4, -0.2) is 29.3 Å². The van der Waals surface area contributed by atoms with Crippen molar-refractivity contribution < 1.29 is 9.59 Å². The maximum atomic E-state index is 13.4. The Labute approximate surface area is 202 Å². The molecule has 0 radical (unpaired) electrons. The minimum absolute atomic E-state index is 0.0561. The van der Waals surface area contributed by atoms with Crippen LogP contribution in [0.4, 0.5) is 5.69 Å². The molecule has 1 aliphatic heterocycles. The van der Waals surface area contributed by atoms with Gasteiger partial charge in [0.25, 0.3) is 11.8 Å². The lowest BCUT2D eigenvalue weighted by molar-refractivity contribution is 0.0659. The van der Waals surface area contributed by atoms with Crippen molar-refractivity contribution in [2.45, 2.75) is 51.7 Å². The number of aryl methyl sites for hydroxylation is 1. The van der Waals surface area contributed by atoms with E-state index in [4.69, 9.17) is 0 Å². The number of rotatable bonds is 10. The molecule has 0 aliphatic carbocycles. The predicted molar refractivity (Wildman–Crippen MR) is 137 cm³/mol. The Morgan fingerprint density at radius 1 is 0.971 bits per heavy atom. The summed E-state index contributed by atoms with van der Waals surface area (Å²) in [7, 11) is 0. The van der Waals surface area contributed by atoms with Crippen molar-refractivity contribution in [3.63, 3.8) is 0 Å². The van der Waals surface area contributed by atoms with Crippen molar-refractivity contribution in [3.8, 4) is 0 Å². The number of anilines is 1. The number of hydrogen-bond acceptors (Lipinski definition) is 3. The summed E-state index contributed by atoms with van der Waals surface area (Å²) >= 11 is 0. The molecule has 34 heavy (non-hydrogen) atoms. The number of unbranched alkanes of at least 4 members (excludes halogenated alkanes) is 1. The summed E-state index contributed by atoms with van der Waals surface area (Å²) in [6.45, 7) is 4.90. The van der Waals surface area contributed by atoms with Gasteiger partial charge in [-0.2, -0.15) is 0 Å². The van der Waals surface area contributed by atoms with Gasteiger partial charge >= 0.3 is 0 Å². The Kier molecular flexibility index (Phi) is 7.63. The second kappa shape index (κ2) is 11.0. The fraction of sp³-hybridized carbons (Fsp3) is 0.310. The van der Waals surface area contributed by atoms with Crippen LogP contribution in [0, 0.1) is 0 Å². The van der Waals surface area contributed by atoms with Crippen molar-refractivity contribution in [2.75, 3.05) is 11.9 Å². The highest BCUT2D eigenvalue weighted by molar-refractivity contribution is 5.99. The quantitative estimate of drug-likeness (QED) is 0.380. The standard InChI is InChI=1S/C29H33N3O2/c1-3-4-20-30-28(33)23-16-18-24(19-17-23)31-27-25-12-8-9-13-26(25)29(34)32(27)21(2)14-15-22-10-6-5-7-11-22/h5-13,16-19,21,27,31H,3-4,14-15,20H2,1-2H3,(H,30,33). The molecular weight excluding hydrogens is 422 g/mol. The first-order valence-electron chi connectivity index (χ1n) is 12.2. The van der Waals surface area contributed by atoms with Crippen molar-refractivity contribution in [2.24, 2.45) is 0 Å². The van der Waals surface area contributed by atoms with Gasteiger partial charge in [-0.05, 0) is 62.1 Å². The summed E-state index contributed by atoms with van der Waals surface area (Å²) < 4.78 is 0. The molecule has 4 rings (SSSR count). The van der Waals surface area contributed by atoms with E-state index < -0.39 is 0 Å². The minimum Gasteiger partial charge on any atom is -0.361 e. The molecule has 5 heteroatoms. The zero-order valence-corrected chi connectivity index (χ0v) is 20.0. The van der Waals surface area contributed by atoms with Gasteiger partial charge in [-0.3, -0.25) is 9.59 Å². The molecule has 3 aromatic carbocycles. The van der Waals surface area contributed by atoms with E-state index in [-0.39, 0.29) is 24.0 Å². The molecule has 0 aromatic heterocycles. The van der Waals surface area contributed by atoms with Crippen LogP contribution >= 0.6 is 0 Å². The fourth-order valence-corrected chi connectivity index (χ4v) is 4.45. The summed E-state index contributed by atoms with van der Waals surface area (Å²) in [6.07, 6.45) is 3.55. The summed E-state index contributed by atoms with van der Waals surface area (Å²) in [6, 6.07) is 25.7. The van der Waals surface area contributed by atoms with Gasteiger partial charge in [0.2, 0.25) is 0 Å². The Hall–Kier alpha value is -3.60. The summed E-state index contributed by atoms with van der Waals surface area (Å²) in [5, 5.41) is 6.50. The van der Waals surface area contributed by atoms with Crippen molar-refractivity contribution in [1.29, 1.82) is 0 Å². The molecule has 2 amide bonds. The highest BCUT2D eigenvalue weighted by atomic mass is 16.2. The molecule has 0 saturated heterocycles. The van der Waals surface area contributed by atoms with E-state index in [1.165, 1.54) is 5.56 Å². The highest BCUT2D eigenvalue weighted by Crippen LogP contribution is 2.36. The van der Waals surface area contributed by atoms with E-state index in [2.05, 4.69) is 48.7 Å². The molecule has 0 saturated carbocycles. The monoisotopic (exact) mass is 455 g/mol. The Morgan fingerprint density at radius 3 is 2.41 bits per heavy atom. The second-order valence-corrected chi connectivity index (χ2v) is 8.91. The number of nitrogens with zero attached hydrogens (tertiary/aromatic N) is 1. The second-order valence-electron chi connectivity index (χ2n) is 8.91. The maximum absolute atomic E-state index is 13.4. The number of amides is 2. The lowest BCUT2D eigenvalue weighted by Gasteiger charge is -2.32. The van der Waals surface area contributed by atoms with Gasteiger partial charge in [0.05, 0.1) is 0 Å². The lowest BCUT2D eigenvalue weighted by Crippen LogP contribution is -2.39. The van der Waals surface area contributed by atoms with Crippen molar-refractivity contribution in [3.05, 3.63) is 101 Å². The topological polar surface area (TPSA) is 61.4 Å². The smallest absolute Gasteiger partial charge is 0.256 e. The lowest BCUT2D eigenvalue weighted by atomic mass is 10.0. The van der Waals surface area contributed by atoms with Gasteiger partial charge in [0.1, 0.15) is 6.17 Å². The Balaban J connectivity index is 1.49.